The van der Waals surface area contributed by atoms with Crippen LogP contribution in [0.1, 0.15) is 81.5 Å². The standard InChI is InChI=1S/C23H35FN4O3/c1-15(23(30)31)11-12-25-28-22(29)18-13-19(24)21(27-17-7-3-2-4-8-17)14-20(18)26-16-9-5-6-10-16/h13-17,25-27H,2-12H2,1H3,(H,28,29)(H,30,31). The van der Waals surface area contributed by atoms with Crippen molar-refractivity contribution in [2.75, 3.05) is 17.2 Å². The van der Waals surface area contributed by atoms with E-state index in [-0.39, 0.29) is 17.6 Å². The van der Waals surface area contributed by atoms with Crippen LogP contribution < -0.4 is 21.5 Å². The first kappa shape index (κ1) is 23.3. The van der Waals surface area contributed by atoms with Gasteiger partial charge in [0.1, 0.15) is 5.82 Å². The van der Waals surface area contributed by atoms with Crippen molar-refractivity contribution in [1.29, 1.82) is 0 Å². The molecule has 8 heteroatoms. The Morgan fingerprint density at radius 1 is 1.00 bits per heavy atom. The Kier molecular flexibility index (Phi) is 8.51. The summed E-state index contributed by atoms with van der Waals surface area (Å²) < 4.78 is 14.9. The van der Waals surface area contributed by atoms with E-state index < -0.39 is 23.6 Å². The fourth-order valence-corrected chi connectivity index (χ4v) is 4.37. The molecule has 0 aliphatic heterocycles. The summed E-state index contributed by atoms with van der Waals surface area (Å²) in [7, 11) is 0. The Hall–Kier alpha value is -2.35. The van der Waals surface area contributed by atoms with Crippen LogP contribution in [-0.2, 0) is 4.79 Å². The summed E-state index contributed by atoms with van der Waals surface area (Å²) in [4.78, 5) is 23.7. The van der Waals surface area contributed by atoms with Crippen molar-refractivity contribution in [2.45, 2.75) is 83.2 Å². The maximum atomic E-state index is 14.9. The molecule has 3 rings (SSSR count). The van der Waals surface area contributed by atoms with Gasteiger partial charge in [-0.15, -0.1) is 0 Å². The first-order valence-corrected chi connectivity index (χ1v) is 11.6. The minimum atomic E-state index is -0.876. The number of carboxylic acids is 1. The third kappa shape index (κ3) is 6.82. The fourth-order valence-electron chi connectivity index (χ4n) is 4.37. The van der Waals surface area contributed by atoms with Crippen molar-refractivity contribution in [2.24, 2.45) is 5.92 Å². The van der Waals surface area contributed by atoms with Crippen molar-refractivity contribution >= 4 is 23.3 Å². The van der Waals surface area contributed by atoms with Gasteiger partial charge in [0.15, 0.2) is 0 Å². The molecule has 1 aromatic rings. The zero-order valence-electron chi connectivity index (χ0n) is 18.3. The largest absolute Gasteiger partial charge is 0.481 e. The summed E-state index contributed by atoms with van der Waals surface area (Å²) in [6, 6.07) is 3.56. The van der Waals surface area contributed by atoms with E-state index in [1.54, 1.807) is 13.0 Å². The topological polar surface area (TPSA) is 102 Å². The van der Waals surface area contributed by atoms with E-state index in [1.807, 2.05) is 0 Å². The van der Waals surface area contributed by atoms with Crippen molar-refractivity contribution in [3.8, 4) is 0 Å². The lowest BCUT2D eigenvalue weighted by molar-refractivity contribution is -0.141. The van der Waals surface area contributed by atoms with Crippen LogP contribution in [0.4, 0.5) is 15.8 Å². The van der Waals surface area contributed by atoms with Crippen LogP contribution >= 0.6 is 0 Å². The molecule has 5 N–H and O–H groups in total. The number of amides is 1. The maximum Gasteiger partial charge on any atom is 0.306 e. The van der Waals surface area contributed by atoms with E-state index in [0.29, 0.717) is 24.3 Å². The highest BCUT2D eigenvalue weighted by Crippen LogP contribution is 2.30. The van der Waals surface area contributed by atoms with Crippen LogP contribution in [0.2, 0.25) is 0 Å². The number of carbonyl (C=O) groups excluding carboxylic acids is 1. The molecule has 0 bridgehead atoms. The number of benzene rings is 1. The van der Waals surface area contributed by atoms with Crippen LogP contribution in [0.15, 0.2) is 12.1 Å². The second kappa shape index (κ2) is 11.3. The molecule has 2 aliphatic carbocycles. The fraction of sp³-hybridized carbons (Fsp3) is 0.652. The summed E-state index contributed by atoms with van der Waals surface area (Å²) in [6.07, 6.45) is 10.3. The average Bonchev–Trinajstić information content (AvgIpc) is 3.26. The second-order valence-electron chi connectivity index (χ2n) is 8.89. The Bertz CT molecular complexity index is 761. The van der Waals surface area contributed by atoms with Crippen LogP contribution in [0.5, 0.6) is 0 Å². The number of hydrogen-bond donors (Lipinski definition) is 5. The third-order valence-electron chi connectivity index (χ3n) is 6.36. The van der Waals surface area contributed by atoms with Gasteiger partial charge < -0.3 is 15.7 Å². The molecule has 0 saturated heterocycles. The number of hydrogen-bond acceptors (Lipinski definition) is 5. The molecule has 0 radical (unpaired) electrons. The van der Waals surface area contributed by atoms with E-state index in [9.17, 15) is 14.0 Å². The summed E-state index contributed by atoms with van der Waals surface area (Å²) in [5.74, 6) is -2.26. The molecule has 1 unspecified atom stereocenters. The Morgan fingerprint density at radius 2 is 1.58 bits per heavy atom. The zero-order chi connectivity index (χ0) is 22.2. The van der Waals surface area contributed by atoms with E-state index in [1.165, 1.54) is 12.5 Å². The lowest BCUT2D eigenvalue weighted by Gasteiger charge is -2.25. The summed E-state index contributed by atoms with van der Waals surface area (Å²) in [5, 5.41) is 15.7. The Balaban J connectivity index is 1.69. The van der Waals surface area contributed by atoms with E-state index in [2.05, 4.69) is 21.5 Å². The molecule has 1 aromatic carbocycles. The zero-order valence-corrected chi connectivity index (χ0v) is 18.3. The predicted molar refractivity (Wildman–Crippen MR) is 120 cm³/mol. The second-order valence-corrected chi connectivity index (χ2v) is 8.89. The molecule has 0 spiro atoms. The number of aliphatic carboxylic acids is 1. The van der Waals surface area contributed by atoms with E-state index >= 15 is 0 Å². The summed E-state index contributed by atoms with van der Waals surface area (Å²) in [6.45, 7) is 1.93. The molecular weight excluding hydrogens is 399 g/mol. The van der Waals surface area contributed by atoms with Crippen molar-refractivity contribution in [1.82, 2.24) is 10.9 Å². The van der Waals surface area contributed by atoms with Crippen molar-refractivity contribution in [3.63, 3.8) is 0 Å². The quantitative estimate of drug-likeness (QED) is 0.278. The highest BCUT2D eigenvalue weighted by molar-refractivity contribution is 6.00. The van der Waals surface area contributed by atoms with Gasteiger partial charge in [-0.05, 0) is 44.2 Å². The summed E-state index contributed by atoms with van der Waals surface area (Å²) in [5.41, 5.74) is 6.65. The SMILES string of the molecule is CC(CCNNC(=O)c1cc(F)c(NC2CCCCC2)cc1NC1CCCC1)C(=O)O. The van der Waals surface area contributed by atoms with Gasteiger partial charge in [0.25, 0.3) is 5.91 Å². The molecule has 0 aromatic heterocycles. The molecule has 1 atom stereocenters. The minimum absolute atomic E-state index is 0.248. The van der Waals surface area contributed by atoms with Gasteiger partial charge in [-0.25, -0.2) is 9.82 Å². The molecule has 31 heavy (non-hydrogen) atoms. The monoisotopic (exact) mass is 434 g/mol. The van der Waals surface area contributed by atoms with Gasteiger partial charge in [0, 0.05) is 24.3 Å². The molecule has 0 heterocycles. The molecule has 7 nitrogen and oxygen atoms in total. The lowest BCUT2D eigenvalue weighted by Crippen LogP contribution is -2.39. The van der Waals surface area contributed by atoms with E-state index in [0.717, 1.165) is 51.4 Å². The molecule has 2 saturated carbocycles. The van der Waals surface area contributed by atoms with Crippen LogP contribution in [0.25, 0.3) is 0 Å². The highest BCUT2D eigenvalue weighted by Gasteiger charge is 2.22. The number of hydrazine groups is 1. The van der Waals surface area contributed by atoms with Gasteiger partial charge in [-0.3, -0.25) is 15.0 Å². The minimum Gasteiger partial charge on any atom is -0.481 e. The first-order valence-electron chi connectivity index (χ1n) is 11.6. The highest BCUT2D eigenvalue weighted by atomic mass is 19.1. The lowest BCUT2D eigenvalue weighted by atomic mass is 9.95. The number of rotatable bonds is 10. The smallest absolute Gasteiger partial charge is 0.306 e. The first-order chi connectivity index (χ1) is 14.9. The molecule has 1 amide bonds. The van der Waals surface area contributed by atoms with Gasteiger partial charge in [0.2, 0.25) is 0 Å². The number of carbonyl (C=O) groups is 2. The number of carboxylic acid groups (broad SMARTS) is 1. The number of halogens is 1. The van der Waals surface area contributed by atoms with Crippen LogP contribution in [0.3, 0.4) is 0 Å². The number of nitrogens with one attached hydrogen (secondary N) is 4. The molecule has 2 fully saturated rings. The van der Waals surface area contributed by atoms with Gasteiger partial charge >= 0.3 is 5.97 Å². The molecule has 172 valence electrons. The van der Waals surface area contributed by atoms with Gasteiger partial charge in [-0.1, -0.05) is 39.0 Å². The van der Waals surface area contributed by atoms with Crippen molar-refractivity contribution < 1.29 is 19.1 Å². The van der Waals surface area contributed by atoms with E-state index in [4.69, 9.17) is 5.11 Å². The Labute approximate surface area is 183 Å². The van der Waals surface area contributed by atoms with Gasteiger partial charge in [-0.2, -0.15) is 0 Å². The molecular formula is C23H35FN4O3. The maximum absolute atomic E-state index is 14.9. The van der Waals surface area contributed by atoms with Crippen LogP contribution in [0, 0.1) is 11.7 Å². The van der Waals surface area contributed by atoms with Crippen LogP contribution in [-0.4, -0.2) is 35.6 Å². The molecule has 2 aliphatic rings. The normalized spacial score (nSPS) is 18.5. The van der Waals surface area contributed by atoms with Gasteiger partial charge in [0.05, 0.1) is 17.2 Å². The summed E-state index contributed by atoms with van der Waals surface area (Å²) >= 11 is 0. The van der Waals surface area contributed by atoms with Crippen molar-refractivity contribution in [3.05, 3.63) is 23.5 Å². The predicted octanol–water partition coefficient (Wildman–Crippen LogP) is 4.27. The Morgan fingerprint density at radius 3 is 2.19 bits per heavy atom. The number of anilines is 2. The third-order valence-corrected chi connectivity index (χ3v) is 6.36. The average molecular weight is 435 g/mol.